The van der Waals surface area contributed by atoms with Gasteiger partial charge in [-0.1, -0.05) is 12.1 Å². The summed E-state index contributed by atoms with van der Waals surface area (Å²) in [6.45, 7) is 0.558. The number of nitrogens with zero attached hydrogens (tertiary/aromatic N) is 1. The first-order chi connectivity index (χ1) is 10.9. The van der Waals surface area contributed by atoms with E-state index in [4.69, 9.17) is 5.73 Å². The van der Waals surface area contributed by atoms with Crippen LogP contribution < -0.4 is 5.73 Å². The van der Waals surface area contributed by atoms with Gasteiger partial charge in [0.05, 0.1) is 5.56 Å². The second-order valence-corrected chi connectivity index (χ2v) is 6.56. The molecular formula is C17H21F3N2O. The van der Waals surface area contributed by atoms with Gasteiger partial charge in [0.1, 0.15) is 0 Å². The van der Waals surface area contributed by atoms with E-state index in [1.165, 1.54) is 6.07 Å². The number of nitrogens with two attached hydrogens (primary N) is 1. The zero-order chi connectivity index (χ0) is 16.6. The molecule has 0 spiro atoms. The van der Waals surface area contributed by atoms with Gasteiger partial charge in [0.2, 0.25) is 5.91 Å². The van der Waals surface area contributed by atoms with Crippen molar-refractivity contribution in [3.8, 4) is 0 Å². The third-order valence-corrected chi connectivity index (χ3v) is 5.01. The highest BCUT2D eigenvalue weighted by Crippen LogP contribution is 2.36. The second kappa shape index (κ2) is 6.15. The van der Waals surface area contributed by atoms with Crippen molar-refractivity contribution in [3.05, 3.63) is 34.9 Å². The lowest BCUT2D eigenvalue weighted by Crippen LogP contribution is -2.42. The van der Waals surface area contributed by atoms with Crippen LogP contribution in [0.25, 0.3) is 0 Å². The van der Waals surface area contributed by atoms with E-state index in [2.05, 4.69) is 0 Å². The first-order valence-electron chi connectivity index (χ1n) is 8.08. The number of alkyl halides is 3. The molecule has 1 aliphatic carbocycles. The lowest BCUT2D eigenvalue weighted by molar-refractivity contribution is -0.142. The summed E-state index contributed by atoms with van der Waals surface area (Å²) in [5, 5.41) is 0. The van der Waals surface area contributed by atoms with Gasteiger partial charge in [-0.15, -0.1) is 0 Å². The molecule has 23 heavy (non-hydrogen) atoms. The fourth-order valence-corrected chi connectivity index (χ4v) is 3.66. The van der Waals surface area contributed by atoms with Crippen LogP contribution >= 0.6 is 0 Å². The van der Waals surface area contributed by atoms with E-state index in [9.17, 15) is 18.0 Å². The molecule has 1 amide bonds. The minimum absolute atomic E-state index is 0.0143. The van der Waals surface area contributed by atoms with Gasteiger partial charge in [-0.2, -0.15) is 13.2 Å². The number of benzene rings is 1. The van der Waals surface area contributed by atoms with Crippen molar-refractivity contribution in [3.63, 3.8) is 0 Å². The fourth-order valence-electron chi connectivity index (χ4n) is 3.66. The average molecular weight is 326 g/mol. The third kappa shape index (κ3) is 3.37. The molecule has 1 aromatic rings. The summed E-state index contributed by atoms with van der Waals surface area (Å²) >= 11 is 0. The van der Waals surface area contributed by atoms with E-state index in [0.29, 0.717) is 18.5 Å². The fraction of sp³-hybridized carbons (Fsp3) is 0.588. The van der Waals surface area contributed by atoms with E-state index >= 15 is 0 Å². The highest BCUT2D eigenvalue weighted by Gasteiger charge is 2.37. The maximum atomic E-state index is 13.2. The SMILES string of the molecule is NC1CCC(C(=O)N2CCc3cccc(C(F)(F)F)c3C2)CC1. The van der Waals surface area contributed by atoms with Gasteiger partial charge in [-0.05, 0) is 49.3 Å². The molecular weight excluding hydrogens is 305 g/mol. The Bertz CT molecular complexity index is 592. The zero-order valence-electron chi connectivity index (χ0n) is 12.9. The summed E-state index contributed by atoms with van der Waals surface area (Å²) in [5.41, 5.74) is 6.20. The van der Waals surface area contributed by atoms with Gasteiger partial charge in [0, 0.05) is 25.0 Å². The molecule has 0 aromatic heterocycles. The Morgan fingerprint density at radius 2 is 1.87 bits per heavy atom. The Balaban J connectivity index is 1.78. The lowest BCUT2D eigenvalue weighted by atomic mass is 9.85. The maximum absolute atomic E-state index is 13.2. The molecule has 0 atom stereocenters. The maximum Gasteiger partial charge on any atom is 0.416 e. The van der Waals surface area contributed by atoms with Crippen molar-refractivity contribution in [2.75, 3.05) is 6.54 Å². The molecule has 1 fully saturated rings. The van der Waals surface area contributed by atoms with Gasteiger partial charge >= 0.3 is 6.18 Å². The molecule has 3 nitrogen and oxygen atoms in total. The summed E-state index contributed by atoms with van der Waals surface area (Å²) in [5.74, 6) is -0.103. The summed E-state index contributed by atoms with van der Waals surface area (Å²) in [7, 11) is 0. The number of hydrogen-bond donors (Lipinski definition) is 1. The number of hydrogen-bond acceptors (Lipinski definition) is 2. The molecule has 2 N–H and O–H groups in total. The smallest absolute Gasteiger partial charge is 0.338 e. The number of carbonyl (C=O) groups excluding carboxylic acids is 1. The standard InChI is InChI=1S/C17H21F3N2O/c18-17(19,20)15-3-1-2-11-8-9-22(10-14(11)15)16(23)12-4-6-13(21)7-5-12/h1-3,12-13H,4-10,21H2. The van der Waals surface area contributed by atoms with Crippen LogP contribution in [0.1, 0.15) is 42.4 Å². The molecule has 1 aliphatic heterocycles. The van der Waals surface area contributed by atoms with Gasteiger partial charge in [0.25, 0.3) is 0 Å². The average Bonchev–Trinajstić information content (AvgIpc) is 2.53. The van der Waals surface area contributed by atoms with Crippen LogP contribution in [-0.2, 0) is 23.9 Å². The quantitative estimate of drug-likeness (QED) is 0.862. The highest BCUT2D eigenvalue weighted by molar-refractivity contribution is 5.79. The van der Waals surface area contributed by atoms with Crippen LogP contribution in [0.2, 0.25) is 0 Å². The highest BCUT2D eigenvalue weighted by atomic mass is 19.4. The number of amides is 1. The number of halogens is 3. The van der Waals surface area contributed by atoms with E-state index in [1.807, 2.05) is 0 Å². The predicted molar refractivity (Wildman–Crippen MR) is 80.5 cm³/mol. The van der Waals surface area contributed by atoms with Crippen molar-refractivity contribution in [1.82, 2.24) is 4.90 Å². The normalized spacial score (nSPS) is 25.1. The number of rotatable bonds is 1. The van der Waals surface area contributed by atoms with Crippen LogP contribution in [-0.4, -0.2) is 23.4 Å². The van der Waals surface area contributed by atoms with Gasteiger partial charge in [-0.25, -0.2) is 0 Å². The first kappa shape index (κ1) is 16.3. The van der Waals surface area contributed by atoms with Gasteiger partial charge in [0.15, 0.2) is 0 Å². The molecule has 1 saturated carbocycles. The molecule has 126 valence electrons. The van der Waals surface area contributed by atoms with Crippen LogP contribution in [0.3, 0.4) is 0 Å². The van der Waals surface area contributed by atoms with Crippen molar-refractivity contribution in [2.45, 2.75) is 50.9 Å². The van der Waals surface area contributed by atoms with Crippen LogP contribution in [0.4, 0.5) is 13.2 Å². The molecule has 2 aliphatic rings. The Labute approximate surface area is 133 Å². The summed E-state index contributed by atoms with van der Waals surface area (Å²) in [6, 6.07) is 4.43. The Morgan fingerprint density at radius 1 is 1.17 bits per heavy atom. The third-order valence-electron chi connectivity index (χ3n) is 5.01. The Morgan fingerprint density at radius 3 is 2.52 bits per heavy atom. The van der Waals surface area contributed by atoms with Crippen LogP contribution in [0.5, 0.6) is 0 Å². The van der Waals surface area contributed by atoms with Gasteiger partial charge in [-0.3, -0.25) is 4.79 Å². The summed E-state index contributed by atoms with van der Waals surface area (Å²) in [6.07, 6.45) is -0.788. The molecule has 0 bridgehead atoms. The minimum Gasteiger partial charge on any atom is -0.338 e. The van der Waals surface area contributed by atoms with E-state index < -0.39 is 11.7 Å². The van der Waals surface area contributed by atoms with Crippen molar-refractivity contribution >= 4 is 5.91 Å². The molecule has 1 aromatic carbocycles. The van der Waals surface area contributed by atoms with E-state index in [1.54, 1.807) is 11.0 Å². The topological polar surface area (TPSA) is 46.3 Å². The number of carbonyl (C=O) groups is 1. The monoisotopic (exact) mass is 326 g/mol. The summed E-state index contributed by atoms with van der Waals surface area (Å²) in [4.78, 5) is 14.2. The van der Waals surface area contributed by atoms with E-state index in [-0.39, 0.29) is 30.0 Å². The van der Waals surface area contributed by atoms with Crippen LogP contribution in [0.15, 0.2) is 18.2 Å². The van der Waals surface area contributed by atoms with Gasteiger partial charge < -0.3 is 10.6 Å². The molecule has 3 rings (SSSR count). The molecule has 1 heterocycles. The predicted octanol–water partition coefficient (Wildman–Crippen LogP) is 3.11. The zero-order valence-corrected chi connectivity index (χ0v) is 12.9. The molecule has 0 saturated heterocycles. The Kier molecular flexibility index (Phi) is 4.36. The van der Waals surface area contributed by atoms with Crippen molar-refractivity contribution < 1.29 is 18.0 Å². The lowest BCUT2D eigenvalue weighted by Gasteiger charge is -2.35. The second-order valence-electron chi connectivity index (χ2n) is 6.56. The van der Waals surface area contributed by atoms with Crippen LogP contribution in [0, 0.1) is 5.92 Å². The molecule has 6 heteroatoms. The minimum atomic E-state index is -4.38. The summed E-state index contributed by atoms with van der Waals surface area (Å²) < 4.78 is 39.6. The molecule has 0 unspecified atom stereocenters. The number of fused-ring (bicyclic) bond motifs is 1. The van der Waals surface area contributed by atoms with Crippen molar-refractivity contribution in [2.24, 2.45) is 11.7 Å². The molecule has 0 radical (unpaired) electrons. The van der Waals surface area contributed by atoms with Crippen molar-refractivity contribution in [1.29, 1.82) is 0 Å². The van der Waals surface area contributed by atoms with E-state index in [0.717, 1.165) is 31.7 Å². The first-order valence-corrected chi connectivity index (χ1v) is 8.08. The largest absolute Gasteiger partial charge is 0.416 e. The Hall–Kier alpha value is -1.56.